The molecule has 0 radical (unpaired) electrons. The number of para-hydroxylation sites is 1. The van der Waals surface area contributed by atoms with Gasteiger partial charge in [-0.05, 0) is 31.4 Å². The van der Waals surface area contributed by atoms with Gasteiger partial charge in [0.2, 0.25) is 0 Å². The number of fused-ring (bicyclic) bond motifs is 1. The van der Waals surface area contributed by atoms with Gasteiger partial charge in [0.25, 0.3) is 11.5 Å². The lowest BCUT2D eigenvalue weighted by atomic mass is 10.0. The van der Waals surface area contributed by atoms with Crippen LogP contribution in [-0.2, 0) is 11.8 Å². The van der Waals surface area contributed by atoms with Gasteiger partial charge < -0.3 is 20.4 Å². The van der Waals surface area contributed by atoms with E-state index >= 15 is 0 Å². The summed E-state index contributed by atoms with van der Waals surface area (Å²) in [6, 6.07) is 9.64. The highest BCUT2D eigenvalue weighted by molar-refractivity contribution is 6.03. The first-order valence-electron chi connectivity index (χ1n) is 10.4. The number of nitrogens with zero attached hydrogens (tertiary/aromatic N) is 3. The highest BCUT2D eigenvalue weighted by Crippen LogP contribution is 2.35. The number of piperidine rings is 1. The fourth-order valence-corrected chi connectivity index (χ4v) is 4.12. The molecule has 9 heteroatoms. The number of hydrogen-bond acceptors (Lipinski definition) is 6. The van der Waals surface area contributed by atoms with E-state index in [-0.39, 0.29) is 11.0 Å². The summed E-state index contributed by atoms with van der Waals surface area (Å²) >= 11 is 0. The fraction of sp³-hybridized carbons (Fsp3) is 0.304. The number of benzene rings is 1. The summed E-state index contributed by atoms with van der Waals surface area (Å²) in [4.78, 5) is 42.6. The van der Waals surface area contributed by atoms with E-state index in [9.17, 15) is 19.5 Å². The van der Waals surface area contributed by atoms with Gasteiger partial charge in [-0.15, -0.1) is 0 Å². The van der Waals surface area contributed by atoms with E-state index in [1.807, 2.05) is 18.2 Å². The monoisotopic (exact) mass is 436 g/mol. The van der Waals surface area contributed by atoms with Gasteiger partial charge in [-0.1, -0.05) is 18.2 Å². The number of carboxylic acids is 1. The molecule has 0 unspecified atom stereocenters. The highest BCUT2D eigenvalue weighted by atomic mass is 16.4. The van der Waals surface area contributed by atoms with E-state index in [1.54, 1.807) is 12.3 Å². The quantitative estimate of drug-likeness (QED) is 0.559. The Morgan fingerprint density at radius 1 is 1.16 bits per heavy atom. The van der Waals surface area contributed by atoms with Crippen molar-refractivity contribution in [1.29, 1.82) is 0 Å². The first-order chi connectivity index (χ1) is 15.4. The maximum atomic E-state index is 12.7. The minimum atomic E-state index is -1.26. The Kier molecular flexibility index (Phi) is 5.81. The molecule has 1 amide bonds. The molecule has 2 aromatic heterocycles. The molecule has 3 aromatic rings. The van der Waals surface area contributed by atoms with Gasteiger partial charge in [0.05, 0.1) is 5.39 Å². The average molecular weight is 436 g/mol. The minimum Gasteiger partial charge on any atom is -0.506 e. The van der Waals surface area contributed by atoms with E-state index in [0.29, 0.717) is 0 Å². The molecule has 1 aliphatic heterocycles. The fourth-order valence-electron chi connectivity index (χ4n) is 4.12. The van der Waals surface area contributed by atoms with Crippen LogP contribution >= 0.6 is 0 Å². The van der Waals surface area contributed by atoms with E-state index in [2.05, 4.69) is 21.3 Å². The van der Waals surface area contributed by atoms with Crippen molar-refractivity contribution in [3.05, 3.63) is 52.4 Å². The molecule has 0 aliphatic carbocycles. The maximum Gasteiger partial charge on any atom is 0.322 e. The Morgan fingerprint density at radius 2 is 1.88 bits per heavy atom. The third-order valence-corrected chi connectivity index (χ3v) is 5.73. The van der Waals surface area contributed by atoms with Crippen molar-refractivity contribution in [2.75, 3.05) is 24.5 Å². The SMILES string of the molecule is Cn1c(=O)c(C(=O)NCC(=O)O)c(O)c2cc(-c3ccccc3N3CCCCC3)cnc21. The number of rotatable bonds is 5. The number of nitrogens with one attached hydrogen (secondary N) is 1. The summed E-state index contributed by atoms with van der Waals surface area (Å²) in [6.45, 7) is 1.26. The van der Waals surface area contributed by atoms with E-state index in [0.717, 1.165) is 42.7 Å². The number of carbonyl (C=O) groups excluding carboxylic acids is 1. The molecule has 9 nitrogen and oxygen atoms in total. The van der Waals surface area contributed by atoms with Gasteiger partial charge >= 0.3 is 5.97 Å². The van der Waals surface area contributed by atoms with Crippen molar-refractivity contribution in [3.8, 4) is 16.9 Å². The molecule has 4 rings (SSSR count). The molecule has 0 atom stereocenters. The first-order valence-corrected chi connectivity index (χ1v) is 10.4. The molecule has 0 saturated carbocycles. The molecule has 1 fully saturated rings. The second-order valence-electron chi connectivity index (χ2n) is 7.82. The van der Waals surface area contributed by atoms with Crippen LogP contribution in [0.1, 0.15) is 29.6 Å². The number of aromatic nitrogens is 2. The van der Waals surface area contributed by atoms with Crippen LogP contribution in [0, 0.1) is 0 Å². The smallest absolute Gasteiger partial charge is 0.322 e. The largest absolute Gasteiger partial charge is 0.506 e. The van der Waals surface area contributed by atoms with Crippen molar-refractivity contribution in [2.24, 2.45) is 7.05 Å². The van der Waals surface area contributed by atoms with Crippen LogP contribution in [0.25, 0.3) is 22.2 Å². The van der Waals surface area contributed by atoms with Crippen LogP contribution < -0.4 is 15.8 Å². The van der Waals surface area contributed by atoms with E-state index < -0.39 is 35.3 Å². The number of aromatic hydroxyl groups is 1. The lowest BCUT2D eigenvalue weighted by Crippen LogP contribution is -2.35. The Hall–Kier alpha value is -3.88. The molecule has 166 valence electrons. The zero-order chi connectivity index (χ0) is 22.8. The van der Waals surface area contributed by atoms with Gasteiger partial charge in [-0.2, -0.15) is 0 Å². The van der Waals surface area contributed by atoms with Gasteiger partial charge in [-0.3, -0.25) is 19.0 Å². The summed E-state index contributed by atoms with van der Waals surface area (Å²) in [5, 5.41) is 22.0. The van der Waals surface area contributed by atoms with Crippen molar-refractivity contribution in [3.63, 3.8) is 0 Å². The third kappa shape index (κ3) is 3.89. The second-order valence-corrected chi connectivity index (χ2v) is 7.82. The molecular formula is C23H24N4O5. The summed E-state index contributed by atoms with van der Waals surface area (Å²) in [7, 11) is 1.45. The van der Waals surface area contributed by atoms with Crippen molar-refractivity contribution in [1.82, 2.24) is 14.9 Å². The Labute approximate surface area is 183 Å². The number of aliphatic carboxylic acids is 1. The van der Waals surface area contributed by atoms with E-state index in [1.165, 1.54) is 18.0 Å². The third-order valence-electron chi connectivity index (χ3n) is 5.73. The van der Waals surface area contributed by atoms with Crippen LogP contribution in [0.15, 0.2) is 41.3 Å². The number of hydrogen-bond donors (Lipinski definition) is 3. The predicted molar refractivity (Wildman–Crippen MR) is 120 cm³/mol. The topological polar surface area (TPSA) is 125 Å². The molecular weight excluding hydrogens is 412 g/mol. The van der Waals surface area contributed by atoms with Crippen LogP contribution in [0.5, 0.6) is 5.75 Å². The Morgan fingerprint density at radius 3 is 2.59 bits per heavy atom. The van der Waals surface area contributed by atoms with Crippen LogP contribution in [0.4, 0.5) is 5.69 Å². The summed E-state index contributed by atoms with van der Waals surface area (Å²) in [6.07, 6.45) is 5.11. The molecule has 0 bridgehead atoms. The van der Waals surface area contributed by atoms with Gasteiger partial charge in [0, 0.05) is 43.1 Å². The van der Waals surface area contributed by atoms with Crippen LogP contribution in [-0.4, -0.2) is 51.3 Å². The van der Waals surface area contributed by atoms with Gasteiger partial charge in [0.15, 0.2) is 0 Å². The lowest BCUT2D eigenvalue weighted by molar-refractivity contribution is -0.135. The van der Waals surface area contributed by atoms with Crippen molar-refractivity contribution in [2.45, 2.75) is 19.3 Å². The molecule has 3 heterocycles. The molecule has 1 saturated heterocycles. The second kappa shape index (κ2) is 8.70. The number of pyridine rings is 2. The predicted octanol–water partition coefficient (Wildman–Crippen LogP) is 2.11. The number of carboxylic acid groups (broad SMARTS) is 1. The summed E-state index contributed by atoms with van der Waals surface area (Å²) < 4.78 is 1.17. The van der Waals surface area contributed by atoms with Crippen molar-refractivity contribution >= 4 is 28.6 Å². The molecule has 32 heavy (non-hydrogen) atoms. The molecule has 3 N–H and O–H groups in total. The van der Waals surface area contributed by atoms with Crippen molar-refractivity contribution < 1.29 is 19.8 Å². The zero-order valence-corrected chi connectivity index (χ0v) is 17.7. The standard InChI is InChI=1S/C23H24N4O5/c1-26-21-16(20(30)19(23(26)32)22(31)25-13-18(28)29)11-14(12-24-21)15-7-3-4-8-17(15)27-9-5-2-6-10-27/h3-4,7-8,11-12,30H,2,5-6,9-10,13H2,1H3,(H,25,31)(H,28,29). The normalized spacial score (nSPS) is 13.8. The zero-order valence-electron chi connectivity index (χ0n) is 17.7. The highest BCUT2D eigenvalue weighted by Gasteiger charge is 2.23. The number of anilines is 1. The first kappa shape index (κ1) is 21.4. The molecule has 1 aromatic carbocycles. The molecule has 0 spiro atoms. The lowest BCUT2D eigenvalue weighted by Gasteiger charge is -2.30. The molecule has 1 aliphatic rings. The van der Waals surface area contributed by atoms with E-state index in [4.69, 9.17) is 5.11 Å². The maximum absolute atomic E-state index is 12.7. The summed E-state index contributed by atoms with van der Waals surface area (Å²) in [5.41, 5.74) is 1.70. The average Bonchev–Trinajstić information content (AvgIpc) is 2.81. The van der Waals surface area contributed by atoms with Gasteiger partial charge in [-0.25, -0.2) is 4.98 Å². The van der Waals surface area contributed by atoms with Crippen LogP contribution in [0.2, 0.25) is 0 Å². The summed E-state index contributed by atoms with van der Waals surface area (Å²) in [5.74, 6) is -2.73. The minimum absolute atomic E-state index is 0.224. The Bertz CT molecular complexity index is 1260. The number of aryl methyl sites for hydroxylation is 1. The van der Waals surface area contributed by atoms with Gasteiger partial charge in [0.1, 0.15) is 23.5 Å². The van der Waals surface area contributed by atoms with Crippen LogP contribution in [0.3, 0.4) is 0 Å². The number of carbonyl (C=O) groups is 2. The number of amides is 1. The Balaban J connectivity index is 1.84.